The van der Waals surface area contributed by atoms with Crippen LogP contribution in [-0.4, -0.2) is 0 Å². The predicted octanol–water partition coefficient (Wildman–Crippen LogP) is 5.21. The van der Waals surface area contributed by atoms with Crippen molar-refractivity contribution in [3.63, 3.8) is 0 Å². The molecule has 3 heteroatoms. The summed E-state index contributed by atoms with van der Waals surface area (Å²) in [4.78, 5) is 0. The third-order valence-corrected chi connectivity index (χ3v) is 3.46. The normalized spacial score (nSPS) is 10.8. The quantitative estimate of drug-likeness (QED) is 0.808. The molecule has 0 aliphatic carbocycles. The molecule has 0 bridgehead atoms. The molecule has 0 aromatic heterocycles. The van der Waals surface area contributed by atoms with Gasteiger partial charge in [-0.25, -0.2) is 4.39 Å². The summed E-state index contributed by atoms with van der Waals surface area (Å²) in [5.41, 5.74) is 2.75. The Morgan fingerprint density at radius 2 is 1.79 bits per heavy atom. The topological polar surface area (TPSA) is 12.0 Å². The molecule has 0 fully saturated rings. The van der Waals surface area contributed by atoms with Crippen LogP contribution in [0.1, 0.15) is 30.9 Å². The van der Waals surface area contributed by atoms with Gasteiger partial charge in [0.05, 0.1) is 0 Å². The summed E-state index contributed by atoms with van der Waals surface area (Å²) in [5, 5.41) is 3.63. The maximum Gasteiger partial charge on any atom is 0.129 e. The Labute approximate surface area is 118 Å². The number of benzene rings is 2. The van der Waals surface area contributed by atoms with Gasteiger partial charge in [0, 0.05) is 22.8 Å². The lowest BCUT2D eigenvalue weighted by atomic mass is 10.0. The molecule has 19 heavy (non-hydrogen) atoms. The fourth-order valence-corrected chi connectivity index (χ4v) is 2.11. The average Bonchev–Trinajstić information content (AvgIpc) is 2.38. The summed E-state index contributed by atoms with van der Waals surface area (Å²) in [6.07, 6.45) is 0. The fourth-order valence-electron chi connectivity index (χ4n) is 1.88. The minimum absolute atomic E-state index is 0.279. The van der Waals surface area contributed by atoms with Gasteiger partial charge >= 0.3 is 0 Å². The third-order valence-electron chi connectivity index (χ3n) is 3.11. The van der Waals surface area contributed by atoms with Gasteiger partial charge in [-0.15, -0.1) is 0 Å². The fraction of sp³-hybridized carbons (Fsp3) is 0.250. The van der Waals surface area contributed by atoms with Gasteiger partial charge in [0.1, 0.15) is 5.82 Å². The van der Waals surface area contributed by atoms with Crippen molar-refractivity contribution in [2.24, 2.45) is 0 Å². The van der Waals surface area contributed by atoms with Crippen molar-refractivity contribution in [3.05, 3.63) is 64.4 Å². The number of nitrogens with one attached hydrogen (secondary N) is 1. The van der Waals surface area contributed by atoms with E-state index in [9.17, 15) is 4.39 Å². The first kappa shape index (κ1) is 13.9. The molecular formula is C16H17ClFN. The lowest BCUT2D eigenvalue weighted by molar-refractivity contribution is 0.613. The molecule has 0 spiro atoms. The molecule has 0 amide bonds. The van der Waals surface area contributed by atoms with Crippen molar-refractivity contribution in [3.8, 4) is 0 Å². The Bertz CT molecular complexity index is 529. The van der Waals surface area contributed by atoms with E-state index in [2.05, 4.69) is 31.3 Å². The zero-order valence-electron chi connectivity index (χ0n) is 11.1. The predicted molar refractivity (Wildman–Crippen MR) is 79.3 cm³/mol. The lowest BCUT2D eigenvalue weighted by Crippen LogP contribution is -2.02. The minimum Gasteiger partial charge on any atom is -0.381 e. The third kappa shape index (κ3) is 3.48. The monoisotopic (exact) mass is 277 g/mol. The molecule has 1 N–H and O–H groups in total. The lowest BCUT2D eigenvalue weighted by Gasteiger charge is -2.11. The Morgan fingerprint density at radius 3 is 2.37 bits per heavy atom. The molecule has 2 aromatic carbocycles. The van der Waals surface area contributed by atoms with Gasteiger partial charge in [-0.2, -0.15) is 0 Å². The summed E-state index contributed by atoms with van der Waals surface area (Å²) in [6.45, 7) is 4.69. The standard InChI is InChI=1S/C16H17ClFN/c1-11(2)12-6-8-13(9-7-12)19-10-14-15(17)4-3-5-16(14)18/h3-9,11,19H,10H2,1-2H3. The van der Waals surface area contributed by atoms with Gasteiger partial charge in [0.2, 0.25) is 0 Å². The number of anilines is 1. The van der Waals surface area contributed by atoms with Crippen LogP contribution < -0.4 is 5.32 Å². The molecular weight excluding hydrogens is 261 g/mol. The molecule has 0 aliphatic heterocycles. The number of rotatable bonds is 4. The summed E-state index contributed by atoms with van der Waals surface area (Å²) in [5.74, 6) is 0.230. The maximum atomic E-state index is 13.6. The van der Waals surface area contributed by atoms with Gasteiger partial charge in [-0.05, 0) is 35.7 Å². The molecule has 0 radical (unpaired) electrons. The van der Waals surface area contributed by atoms with E-state index >= 15 is 0 Å². The van der Waals surface area contributed by atoms with Gasteiger partial charge in [-0.3, -0.25) is 0 Å². The SMILES string of the molecule is CC(C)c1ccc(NCc2c(F)cccc2Cl)cc1. The molecule has 0 saturated carbocycles. The molecule has 100 valence electrons. The summed E-state index contributed by atoms with van der Waals surface area (Å²) < 4.78 is 13.6. The van der Waals surface area contributed by atoms with Gasteiger partial charge in [-0.1, -0.05) is 43.6 Å². The van der Waals surface area contributed by atoms with Crippen molar-refractivity contribution in [2.75, 3.05) is 5.32 Å². The van der Waals surface area contributed by atoms with Gasteiger partial charge in [0.15, 0.2) is 0 Å². The van der Waals surface area contributed by atoms with Crippen LogP contribution in [0.4, 0.5) is 10.1 Å². The zero-order chi connectivity index (χ0) is 13.8. The molecule has 2 aromatic rings. The highest BCUT2D eigenvalue weighted by Crippen LogP contribution is 2.21. The van der Waals surface area contributed by atoms with Crippen LogP contribution in [0.2, 0.25) is 5.02 Å². The summed E-state index contributed by atoms with van der Waals surface area (Å²) >= 11 is 5.98. The van der Waals surface area contributed by atoms with E-state index in [4.69, 9.17) is 11.6 Å². The van der Waals surface area contributed by atoms with Crippen molar-refractivity contribution in [1.82, 2.24) is 0 Å². The maximum absolute atomic E-state index is 13.6. The molecule has 1 nitrogen and oxygen atoms in total. The largest absolute Gasteiger partial charge is 0.381 e. The van der Waals surface area contributed by atoms with Crippen LogP contribution >= 0.6 is 11.6 Å². The van der Waals surface area contributed by atoms with E-state index in [0.29, 0.717) is 23.0 Å². The summed E-state index contributed by atoms with van der Waals surface area (Å²) in [6, 6.07) is 12.9. The first-order valence-electron chi connectivity index (χ1n) is 6.34. The highest BCUT2D eigenvalue weighted by molar-refractivity contribution is 6.31. The first-order valence-corrected chi connectivity index (χ1v) is 6.72. The van der Waals surface area contributed by atoms with Crippen LogP contribution in [0, 0.1) is 5.82 Å². The van der Waals surface area contributed by atoms with Gasteiger partial charge < -0.3 is 5.32 Å². The Balaban J connectivity index is 2.06. The number of hydrogen-bond donors (Lipinski definition) is 1. The molecule has 0 aliphatic rings. The van der Waals surface area contributed by atoms with Gasteiger partial charge in [0.25, 0.3) is 0 Å². The zero-order valence-corrected chi connectivity index (χ0v) is 11.8. The minimum atomic E-state index is -0.279. The van der Waals surface area contributed by atoms with E-state index in [1.54, 1.807) is 12.1 Å². The van der Waals surface area contributed by atoms with Crippen LogP contribution in [-0.2, 0) is 6.54 Å². The summed E-state index contributed by atoms with van der Waals surface area (Å²) in [7, 11) is 0. The number of halogens is 2. The second-order valence-electron chi connectivity index (χ2n) is 4.83. The van der Waals surface area contributed by atoms with E-state index in [1.165, 1.54) is 11.6 Å². The van der Waals surface area contributed by atoms with Crippen LogP contribution in [0.3, 0.4) is 0 Å². The Kier molecular flexibility index (Phi) is 4.43. The molecule has 2 rings (SSSR count). The molecule has 0 heterocycles. The van der Waals surface area contributed by atoms with Crippen molar-refractivity contribution in [2.45, 2.75) is 26.3 Å². The van der Waals surface area contributed by atoms with Crippen molar-refractivity contribution < 1.29 is 4.39 Å². The Hall–Kier alpha value is -1.54. The highest BCUT2D eigenvalue weighted by atomic mass is 35.5. The second-order valence-corrected chi connectivity index (χ2v) is 5.24. The highest BCUT2D eigenvalue weighted by Gasteiger charge is 2.06. The van der Waals surface area contributed by atoms with Crippen molar-refractivity contribution in [1.29, 1.82) is 0 Å². The smallest absolute Gasteiger partial charge is 0.129 e. The molecule has 0 unspecified atom stereocenters. The van der Waals surface area contributed by atoms with Crippen LogP contribution in [0.5, 0.6) is 0 Å². The average molecular weight is 278 g/mol. The first-order chi connectivity index (χ1) is 9.08. The van der Waals surface area contributed by atoms with E-state index < -0.39 is 0 Å². The van der Waals surface area contributed by atoms with Crippen molar-refractivity contribution >= 4 is 17.3 Å². The van der Waals surface area contributed by atoms with E-state index in [-0.39, 0.29) is 5.82 Å². The van der Waals surface area contributed by atoms with E-state index in [0.717, 1.165) is 5.69 Å². The molecule has 0 saturated heterocycles. The van der Waals surface area contributed by atoms with Crippen LogP contribution in [0.15, 0.2) is 42.5 Å². The Morgan fingerprint density at radius 1 is 1.11 bits per heavy atom. The molecule has 0 atom stereocenters. The second kappa shape index (κ2) is 6.07. The van der Waals surface area contributed by atoms with Crippen LogP contribution in [0.25, 0.3) is 0 Å². The number of hydrogen-bond acceptors (Lipinski definition) is 1. The van der Waals surface area contributed by atoms with E-state index in [1.807, 2.05) is 12.1 Å².